The Morgan fingerprint density at radius 1 is 1.20 bits per heavy atom. The second-order valence-electron chi connectivity index (χ2n) is 8.08. The van der Waals surface area contributed by atoms with E-state index in [0.717, 1.165) is 49.8 Å². The standard InChI is InChI=1S/C24H32N6/c1-4-25-24(26-13-11-20-17-30-14-5-6-19(3)23(30)27-20)28-21-12-15-29(16-21)22-9-7-18(2)8-10-22/h5-10,14,17,21H,4,11-13,15-16H2,1-3H3,(H2,25,26,28). The Bertz CT molecular complexity index is 1000. The topological polar surface area (TPSA) is 57.0 Å². The first-order chi connectivity index (χ1) is 14.6. The Balaban J connectivity index is 1.34. The minimum atomic E-state index is 0.405. The molecule has 1 atom stereocenters. The maximum absolute atomic E-state index is 4.80. The molecule has 6 nitrogen and oxygen atoms in total. The van der Waals surface area contributed by atoms with Crippen molar-refractivity contribution in [2.75, 3.05) is 31.1 Å². The van der Waals surface area contributed by atoms with Gasteiger partial charge >= 0.3 is 0 Å². The molecule has 2 N–H and O–H groups in total. The van der Waals surface area contributed by atoms with Gasteiger partial charge in [0.1, 0.15) is 5.65 Å². The average molecular weight is 405 g/mol. The smallest absolute Gasteiger partial charge is 0.191 e. The minimum Gasteiger partial charge on any atom is -0.369 e. The highest BCUT2D eigenvalue weighted by molar-refractivity contribution is 5.80. The molecule has 1 saturated heterocycles. The number of aryl methyl sites for hydroxylation is 2. The van der Waals surface area contributed by atoms with Crippen molar-refractivity contribution in [1.82, 2.24) is 20.0 Å². The molecule has 1 aliphatic heterocycles. The number of nitrogens with one attached hydrogen (secondary N) is 2. The molecule has 0 saturated carbocycles. The number of pyridine rings is 1. The number of fused-ring (bicyclic) bond motifs is 1. The lowest BCUT2D eigenvalue weighted by Crippen LogP contribution is -2.44. The minimum absolute atomic E-state index is 0.405. The van der Waals surface area contributed by atoms with Crippen molar-refractivity contribution >= 4 is 17.3 Å². The van der Waals surface area contributed by atoms with Gasteiger partial charge < -0.3 is 19.9 Å². The molecule has 0 aliphatic carbocycles. The summed E-state index contributed by atoms with van der Waals surface area (Å²) in [6.07, 6.45) is 6.10. The molecule has 0 radical (unpaired) electrons. The largest absolute Gasteiger partial charge is 0.369 e. The van der Waals surface area contributed by atoms with E-state index in [1.165, 1.54) is 16.8 Å². The molecule has 3 heterocycles. The van der Waals surface area contributed by atoms with Crippen LogP contribution in [-0.2, 0) is 6.42 Å². The molecular weight excluding hydrogens is 372 g/mol. The molecule has 0 bridgehead atoms. The second kappa shape index (κ2) is 9.20. The van der Waals surface area contributed by atoms with Crippen LogP contribution in [0, 0.1) is 13.8 Å². The lowest BCUT2D eigenvalue weighted by atomic mass is 10.2. The Morgan fingerprint density at radius 3 is 2.80 bits per heavy atom. The monoisotopic (exact) mass is 404 g/mol. The molecule has 158 valence electrons. The van der Waals surface area contributed by atoms with Crippen LogP contribution in [0.3, 0.4) is 0 Å². The van der Waals surface area contributed by atoms with E-state index in [-0.39, 0.29) is 0 Å². The molecule has 1 aromatic carbocycles. The van der Waals surface area contributed by atoms with Crippen molar-refractivity contribution in [1.29, 1.82) is 0 Å². The predicted molar refractivity (Wildman–Crippen MR) is 125 cm³/mol. The van der Waals surface area contributed by atoms with Crippen LogP contribution in [0.1, 0.15) is 30.2 Å². The highest BCUT2D eigenvalue weighted by atomic mass is 15.2. The van der Waals surface area contributed by atoms with E-state index in [1.807, 2.05) is 6.20 Å². The summed E-state index contributed by atoms with van der Waals surface area (Å²) in [5, 5.41) is 7.01. The zero-order valence-corrected chi connectivity index (χ0v) is 18.2. The molecule has 30 heavy (non-hydrogen) atoms. The molecule has 3 aromatic rings. The Morgan fingerprint density at radius 2 is 2.03 bits per heavy atom. The van der Waals surface area contributed by atoms with Crippen LogP contribution in [0.5, 0.6) is 0 Å². The van der Waals surface area contributed by atoms with Crippen molar-refractivity contribution in [3.05, 3.63) is 65.6 Å². The van der Waals surface area contributed by atoms with Gasteiger partial charge in [0.25, 0.3) is 0 Å². The van der Waals surface area contributed by atoms with Crippen LogP contribution in [0.2, 0.25) is 0 Å². The van der Waals surface area contributed by atoms with E-state index in [1.54, 1.807) is 0 Å². The van der Waals surface area contributed by atoms with E-state index in [2.05, 4.69) is 83.3 Å². The van der Waals surface area contributed by atoms with E-state index in [9.17, 15) is 0 Å². The van der Waals surface area contributed by atoms with Crippen LogP contribution < -0.4 is 15.5 Å². The first-order valence-corrected chi connectivity index (χ1v) is 10.9. The van der Waals surface area contributed by atoms with Crippen LogP contribution in [0.4, 0.5) is 5.69 Å². The fourth-order valence-corrected chi connectivity index (χ4v) is 3.99. The maximum atomic E-state index is 4.80. The number of guanidine groups is 1. The summed E-state index contributed by atoms with van der Waals surface area (Å²) in [5.41, 5.74) is 5.91. The van der Waals surface area contributed by atoms with Crippen molar-refractivity contribution in [3.63, 3.8) is 0 Å². The number of hydrogen-bond donors (Lipinski definition) is 2. The highest BCUT2D eigenvalue weighted by Gasteiger charge is 2.23. The molecule has 6 heteroatoms. The van der Waals surface area contributed by atoms with E-state index in [4.69, 9.17) is 9.98 Å². The van der Waals surface area contributed by atoms with Gasteiger partial charge in [0.2, 0.25) is 0 Å². The number of nitrogens with zero attached hydrogens (tertiary/aromatic N) is 4. The highest BCUT2D eigenvalue weighted by Crippen LogP contribution is 2.20. The fourth-order valence-electron chi connectivity index (χ4n) is 3.99. The number of aromatic nitrogens is 2. The summed E-state index contributed by atoms with van der Waals surface area (Å²) in [5.74, 6) is 0.896. The first kappa shape index (κ1) is 20.3. The van der Waals surface area contributed by atoms with E-state index in [0.29, 0.717) is 12.6 Å². The Labute approximate surface area is 179 Å². The summed E-state index contributed by atoms with van der Waals surface area (Å²) in [6.45, 7) is 9.97. The first-order valence-electron chi connectivity index (χ1n) is 10.9. The third-order valence-corrected chi connectivity index (χ3v) is 5.64. The second-order valence-corrected chi connectivity index (χ2v) is 8.08. The zero-order chi connectivity index (χ0) is 20.9. The lowest BCUT2D eigenvalue weighted by Gasteiger charge is -2.20. The summed E-state index contributed by atoms with van der Waals surface area (Å²) in [4.78, 5) is 12.0. The molecule has 4 rings (SSSR count). The van der Waals surface area contributed by atoms with Crippen LogP contribution >= 0.6 is 0 Å². The number of hydrogen-bond acceptors (Lipinski definition) is 3. The van der Waals surface area contributed by atoms with Gasteiger partial charge in [0.15, 0.2) is 5.96 Å². The van der Waals surface area contributed by atoms with Gasteiger partial charge in [-0.2, -0.15) is 0 Å². The average Bonchev–Trinajstić information content (AvgIpc) is 3.36. The summed E-state index contributed by atoms with van der Waals surface area (Å²) < 4.78 is 2.09. The molecule has 1 aliphatic rings. The van der Waals surface area contributed by atoms with Gasteiger partial charge in [-0.15, -0.1) is 0 Å². The van der Waals surface area contributed by atoms with Crippen molar-refractivity contribution in [2.45, 2.75) is 39.7 Å². The molecule has 0 amide bonds. The fraction of sp³-hybridized carbons (Fsp3) is 0.417. The van der Waals surface area contributed by atoms with Crippen LogP contribution in [0.15, 0.2) is 53.8 Å². The van der Waals surface area contributed by atoms with Gasteiger partial charge in [0.05, 0.1) is 5.69 Å². The summed E-state index contributed by atoms with van der Waals surface area (Å²) in [6, 6.07) is 13.4. The number of aliphatic imine (C=N–C) groups is 1. The SMILES string of the molecule is CCNC(=NCCc1cn2cccc(C)c2n1)NC1CCN(c2ccc(C)cc2)C1. The Kier molecular flexibility index (Phi) is 6.21. The number of rotatable bonds is 6. The van der Waals surface area contributed by atoms with Crippen LogP contribution in [0.25, 0.3) is 5.65 Å². The van der Waals surface area contributed by atoms with Gasteiger partial charge in [0, 0.05) is 56.7 Å². The van der Waals surface area contributed by atoms with Gasteiger partial charge in [-0.25, -0.2) is 4.98 Å². The van der Waals surface area contributed by atoms with Gasteiger partial charge in [-0.3, -0.25) is 4.99 Å². The van der Waals surface area contributed by atoms with Crippen molar-refractivity contribution < 1.29 is 0 Å². The van der Waals surface area contributed by atoms with E-state index < -0.39 is 0 Å². The third kappa shape index (κ3) is 4.75. The number of anilines is 1. The molecule has 2 aromatic heterocycles. The molecule has 1 fully saturated rings. The Hall–Kier alpha value is -3.02. The summed E-state index contributed by atoms with van der Waals surface area (Å²) >= 11 is 0. The van der Waals surface area contributed by atoms with Crippen molar-refractivity contribution in [2.24, 2.45) is 4.99 Å². The summed E-state index contributed by atoms with van der Waals surface area (Å²) in [7, 11) is 0. The molecular formula is C24H32N6. The number of imidazole rings is 1. The quantitative estimate of drug-likeness (QED) is 0.489. The third-order valence-electron chi connectivity index (χ3n) is 5.64. The maximum Gasteiger partial charge on any atom is 0.191 e. The normalized spacial score (nSPS) is 17.0. The zero-order valence-electron chi connectivity index (χ0n) is 18.2. The number of benzene rings is 1. The predicted octanol–water partition coefficient (Wildman–Crippen LogP) is 3.33. The van der Waals surface area contributed by atoms with Gasteiger partial charge in [-0.05, 0) is 51.0 Å². The molecule has 0 spiro atoms. The lowest BCUT2D eigenvalue weighted by molar-refractivity contribution is 0.649. The van der Waals surface area contributed by atoms with Crippen molar-refractivity contribution in [3.8, 4) is 0 Å². The molecule has 1 unspecified atom stereocenters. The van der Waals surface area contributed by atoms with Crippen LogP contribution in [-0.4, -0.2) is 47.6 Å². The van der Waals surface area contributed by atoms with E-state index >= 15 is 0 Å². The van der Waals surface area contributed by atoms with Gasteiger partial charge in [-0.1, -0.05) is 23.8 Å².